The molecule has 124 valence electrons. The van der Waals surface area contributed by atoms with Crippen LogP contribution in [-0.2, 0) is 10.0 Å². The highest BCUT2D eigenvalue weighted by molar-refractivity contribution is 7.89. The lowest BCUT2D eigenvalue weighted by molar-refractivity contribution is 0.258. The number of hydrogen-bond acceptors (Lipinski definition) is 3. The molecule has 0 radical (unpaired) electrons. The Morgan fingerprint density at radius 1 is 1.00 bits per heavy atom. The summed E-state index contributed by atoms with van der Waals surface area (Å²) >= 11 is 0. The number of sulfonamides is 1. The molecule has 0 unspecified atom stereocenters. The number of rotatable bonds is 6. The summed E-state index contributed by atoms with van der Waals surface area (Å²) in [5, 5.41) is 3.35. The molecule has 2 aliphatic rings. The normalized spacial score (nSPS) is 23.0. The Morgan fingerprint density at radius 3 is 2.19 bits per heavy atom. The molecule has 1 saturated carbocycles. The molecule has 1 aliphatic carbocycles. The van der Waals surface area contributed by atoms with Gasteiger partial charge in [0.25, 0.3) is 0 Å². The summed E-state index contributed by atoms with van der Waals surface area (Å²) in [5.74, 6) is 1.28. The fourth-order valence-corrected chi connectivity index (χ4v) is 5.91. The minimum absolute atomic E-state index is 0.0773. The van der Waals surface area contributed by atoms with Crippen LogP contribution in [0.4, 0.5) is 0 Å². The van der Waals surface area contributed by atoms with Gasteiger partial charge in [-0.1, -0.05) is 19.3 Å². The number of nitrogens with one attached hydrogen (secondary N) is 1. The molecular weight excluding hydrogens is 284 g/mol. The van der Waals surface area contributed by atoms with Gasteiger partial charge in [-0.05, 0) is 64.5 Å². The molecule has 21 heavy (non-hydrogen) atoms. The van der Waals surface area contributed by atoms with Gasteiger partial charge < -0.3 is 5.32 Å². The topological polar surface area (TPSA) is 49.4 Å². The zero-order valence-electron chi connectivity index (χ0n) is 13.7. The third kappa shape index (κ3) is 5.22. The second-order valence-electron chi connectivity index (χ2n) is 7.14. The third-order valence-corrected chi connectivity index (χ3v) is 7.18. The summed E-state index contributed by atoms with van der Waals surface area (Å²) in [7, 11) is -3.11. The van der Waals surface area contributed by atoms with Crippen LogP contribution in [0.2, 0.25) is 0 Å². The monoisotopic (exact) mass is 316 g/mol. The number of nitrogens with zero attached hydrogens (tertiary/aromatic N) is 1. The molecule has 0 atom stereocenters. The summed E-state index contributed by atoms with van der Waals surface area (Å²) in [6.45, 7) is 6.80. The SMILES string of the molecule is CC(C)N(CC1CCNCC1)S(=O)(=O)CC1CCCCC1. The van der Waals surface area contributed by atoms with E-state index in [1.807, 2.05) is 13.8 Å². The molecule has 5 heteroatoms. The molecule has 0 aromatic rings. The average molecular weight is 317 g/mol. The number of hydrogen-bond donors (Lipinski definition) is 1. The Hall–Kier alpha value is -0.130. The lowest BCUT2D eigenvalue weighted by Crippen LogP contribution is -2.44. The van der Waals surface area contributed by atoms with Crippen molar-refractivity contribution in [3.63, 3.8) is 0 Å². The molecule has 1 heterocycles. The predicted octanol–water partition coefficient (Wildman–Crippen LogP) is 2.61. The number of piperidine rings is 1. The zero-order valence-corrected chi connectivity index (χ0v) is 14.5. The molecule has 2 rings (SSSR count). The first-order chi connectivity index (χ1) is 9.99. The standard InChI is InChI=1S/C16H32N2O2S/c1-14(2)18(12-15-8-10-17-11-9-15)21(19,20)13-16-6-4-3-5-7-16/h14-17H,3-13H2,1-2H3. The van der Waals surface area contributed by atoms with Crippen molar-refractivity contribution in [2.45, 2.75) is 64.8 Å². The lowest BCUT2D eigenvalue weighted by Gasteiger charge is -2.33. The maximum atomic E-state index is 12.8. The molecule has 0 bridgehead atoms. The van der Waals surface area contributed by atoms with Crippen LogP contribution in [0.25, 0.3) is 0 Å². The molecule has 1 saturated heterocycles. The molecule has 0 spiro atoms. The second-order valence-corrected chi connectivity index (χ2v) is 9.11. The van der Waals surface area contributed by atoms with Gasteiger partial charge in [0.15, 0.2) is 0 Å². The van der Waals surface area contributed by atoms with Crippen molar-refractivity contribution in [2.24, 2.45) is 11.8 Å². The van der Waals surface area contributed by atoms with Crippen LogP contribution in [0.15, 0.2) is 0 Å². The van der Waals surface area contributed by atoms with Crippen LogP contribution in [0.1, 0.15) is 58.8 Å². The van der Waals surface area contributed by atoms with Crippen LogP contribution >= 0.6 is 0 Å². The third-order valence-electron chi connectivity index (χ3n) is 5.00. The van der Waals surface area contributed by atoms with Gasteiger partial charge in [0.2, 0.25) is 10.0 Å². The van der Waals surface area contributed by atoms with E-state index < -0.39 is 10.0 Å². The minimum atomic E-state index is -3.11. The van der Waals surface area contributed by atoms with Crippen molar-refractivity contribution >= 4 is 10.0 Å². The Labute approximate surface area is 130 Å². The van der Waals surface area contributed by atoms with Gasteiger partial charge >= 0.3 is 0 Å². The van der Waals surface area contributed by atoms with E-state index in [1.54, 1.807) is 4.31 Å². The summed E-state index contributed by atoms with van der Waals surface area (Å²) in [6.07, 6.45) is 8.08. The highest BCUT2D eigenvalue weighted by Crippen LogP contribution is 2.27. The van der Waals surface area contributed by atoms with Crippen molar-refractivity contribution in [3.05, 3.63) is 0 Å². The van der Waals surface area contributed by atoms with E-state index in [2.05, 4.69) is 5.32 Å². The van der Waals surface area contributed by atoms with Gasteiger partial charge in [-0.3, -0.25) is 0 Å². The van der Waals surface area contributed by atoms with E-state index in [1.165, 1.54) is 19.3 Å². The van der Waals surface area contributed by atoms with Gasteiger partial charge in [0, 0.05) is 12.6 Å². The van der Waals surface area contributed by atoms with E-state index in [0.29, 0.717) is 24.1 Å². The quantitative estimate of drug-likeness (QED) is 0.819. The molecule has 0 amide bonds. The van der Waals surface area contributed by atoms with Crippen LogP contribution in [0.3, 0.4) is 0 Å². The second kappa shape index (κ2) is 7.93. The first-order valence-corrected chi connectivity index (χ1v) is 10.3. The van der Waals surface area contributed by atoms with Crippen molar-refractivity contribution < 1.29 is 8.42 Å². The Bertz CT molecular complexity index is 397. The smallest absolute Gasteiger partial charge is 0.214 e. The summed E-state index contributed by atoms with van der Waals surface area (Å²) < 4.78 is 27.4. The first-order valence-electron chi connectivity index (χ1n) is 8.69. The Morgan fingerprint density at radius 2 is 1.62 bits per heavy atom. The van der Waals surface area contributed by atoms with Gasteiger partial charge in [0.1, 0.15) is 0 Å². The largest absolute Gasteiger partial charge is 0.317 e. The Kier molecular flexibility index (Phi) is 6.51. The van der Waals surface area contributed by atoms with Crippen LogP contribution in [0, 0.1) is 11.8 Å². The highest BCUT2D eigenvalue weighted by Gasteiger charge is 2.31. The van der Waals surface area contributed by atoms with E-state index >= 15 is 0 Å². The van der Waals surface area contributed by atoms with E-state index in [4.69, 9.17) is 0 Å². The average Bonchev–Trinajstić information content (AvgIpc) is 2.46. The van der Waals surface area contributed by atoms with E-state index in [0.717, 1.165) is 38.8 Å². The van der Waals surface area contributed by atoms with Crippen molar-refractivity contribution in [2.75, 3.05) is 25.4 Å². The zero-order chi connectivity index (χ0) is 15.3. The molecule has 0 aromatic carbocycles. The molecular formula is C16H32N2O2S. The van der Waals surface area contributed by atoms with Gasteiger partial charge in [-0.2, -0.15) is 4.31 Å². The van der Waals surface area contributed by atoms with Crippen molar-refractivity contribution in [3.8, 4) is 0 Å². The fourth-order valence-electron chi connectivity index (χ4n) is 3.71. The predicted molar refractivity (Wildman–Crippen MR) is 87.8 cm³/mol. The van der Waals surface area contributed by atoms with E-state index in [9.17, 15) is 8.42 Å². The van der Waals surface area contributed by atoms with Crippen molar-refractivity contribution in [1.29, 1.82) is 0 Å². The summed E-state index contributed by atoms with van der Waals surface area (Å²) in [6, 6.07) is 0.0773. The molecule has 4 nitrogen and oxygen atoms in total. The molecule has 2 fully saturated rings. The van der Waals surface area contributed by atoms with Gasteiger partial charge in [-0.15, -0.1) is 0 Å². The van der Waals surface area contributed by atoms with Gasteiger partial charge in [0.05, 0.1) is 5.75 Å². The van der Waals surface area contributed by atoms with Crippen molar-refractivity contribution in [1.82, 2.24) is 9.62 Å². The minimum Gasteiger partial charge on any atom is -0.317 e. The molecule has 1 aliphatic heterocycles. The summed E-state index contributed by atoms with van der Waals surface area (Å²) in [4.78, 5) is 0. The molecule has 0 aromatic heterocycles. The van der Waals surface area contributed by atoms with Gasteiger partial charge in [-0.25, -0.2) is 8.42 Å². The van der Waals surface area contributed by atoms with Crippen LogP contribution < -0.4 is 5.32 Å². The molecule has 1 N–H and O–H groups in total. The first kappa shape index (κ1) is 17.2. The summed E-state index contributed by atoms with van der Waals surface area (Å²) in [5.41, 5.74) is 0. The van der Waals surface area contributed by atoms with Crippen LogP contribution in [0.5, 0.6) is 0 Å². The maximum absolute atomic E-state index is 12.8. The maximum Gasteiger partial charge on any atom is 0.214 e. The Balaban J connectivity index is 1.97. The lowest BCUT2D eigenvalue weighted by atomic mass is 9.91. The highest BCUT2D eigenvalue weighted by atomic mass is 32.2. The van der Waals surface area contributed by atoms with Crippen LogP contribution in [-0.4, -0.2) is 44.2 Å². The fraction of sp³-hybridized carbons (Fsp3) is 1.00. The van der Waals surface area contributed by atoms with E-state index in [-0.39, 0.29) is 6.04 Å².